The van der Waals surface area contributed by atoms with Gasteiger partial charge in [-0.1, -0.05) is 17.7 Å². The maximum absolute atomic E-state index is 13.5. The third-order valence-corrected chi connectivity index (χ3v) is 6.40. The van der Waals surface area contributed by atoms with Gasteiger partial charge in [0.1, 0.15) is 18.0 Å². The number of benzene rings is 2. The van der Waals surface area contributed by atoms with E-state index in [9.17, 15) is 18.4 Å². The minimum atomic E-state index is -3.77. The second-order valence-electron chi connectivity index (χ2n) is 8.58. The molecule has 10 nitrogen and oxygen atoms in total. The van der Waals surface area contributed by atoms with Crippen molar-refractivity contribution in [2.24, 2.45) is 0 Å². The molecule has 1 amide bonds. The Bertz CT molecular complexity index is 1620. The summed E-state index contributed by atoms with van der Waals surface area (Å²) in [6.45, 7) is -0.402. The maximum atomic E-state index is 13.5. The number of aromatic amines is 1. The Morgan fingerprint density at radius 3 is 2.78 bits per heavy atom. The van der Waals surface area contributed by atoms with E-state index in [4.69, 9.17) is 16.3 Å². The summed E-state index contributed by atoms with van der Waals surface area (Å²) in [5, 5.41) is 4.86. The Kier molecular flexibility index (Phi) is 5.30. The molecule has 4 aromatic rings. The summed E-state index contributed by atoms with van der Waals surface area (Å²) in [7, 11) is 1.48. The zero-order chi connectivity index (χ0) is 25.9. The van der Waals surface area contributed by atoms with E-state index in [0.717, 1.165) is 17.5 Å². The van der Waals surface area contributed by atoms with Crippen LogP contribution in [0, 0.1) is 0 Å². The molecule has 2 aromatic heterocycles. The number of hydrogen-bond donors (Lipinski definition) is 1. The lowest BCUT2D eigenvalue weighted by atomic mass is 10.1. The highest BCUT2D eigenvalue weighted by Crippen LogP contribution is 2.44. The van der Waals surface area contributed by atoms with Crippen molar-refractivity contribution in [1.29, 1.82) is 0 Å². The number of amides is 1. The number of hydrogen-bond acceptors (Lipinski definition) is 7. The topological polar surface area (TPSA) is 112 Å². The van der Waals surface area contributed by atoms with Crippen LogP contribution in [0.4, 0.5) is 14.5 Å². The molecule has 0 saturated heterocycles. The van der Waals surface area contributed by atoms with Gasteiger partial charge in [0.2, 0.25) is 5.91 Å². The van der Waals surface area contributed by atoms with Gasteiger partial charge in [0.05, 0.1) is 24.0 Å². The first kappa shape index (κ1) is 23.2. The highest BCUT2D eigenvalue weighted by Gasteiger charge is 2.44. The van der Waals surface area contributed by atoms with Gasteiger partial charge in [-0.25, -0.2) is 9.67 Å². The average molecular weight is 530 g/mol. The molecule has 1 fully saturated rings. The zero-order valence-electron chi connectivity index (χ0n) is 19.2. The van der Waals surface area contributed by atoms with Gasteiger partial charge in [-0.2, -0.15) is 5.10 Å². The number of rotatable bonds is 6. The van der Waals surface area contributed by atoms with Crippen LogP contribution in [-0.4, -0.2) is 45.1 Å². The van der Waals surface area contributed by atoms with Crippen LogP contribution in [0.25, 0.3) is 22.3 Å². The Balaban J connectivity index is 1.37. The molecule has 1 N–H and O–H groups in total. The van der Waals surface area contributed by atoms with Crippen LogP contribution >= 0.6 is 11.6 Å². The molecule has 3 heterocycles. The molecule has 0 spiro atoms. The third-order valence-electron chi connectivity index (χ3n) is 6.09. The number of anilines is 1. The van der Waals surface area contributed by atoms with E-state index >= 15 is 0 Å². The number of H-pyrrole nitrogens is 1. The molecule has 0 bridgehead atoms. The summed E-state index contributed by atoms with van der Waals surface area (Å²) in [5.74, 6) is -0.331. The first-order valence-corrected chi connectivity index (χ1v) is 11.6. The van der Waals surface area contributed by atoms with Gasteiger partial charge >= 0.3 is 6.29 Å². The van der Waals surface area contributed by atoms with Gasteiger partial charge in [0, 0.05) is 23.4 Å². The number of alkyl halides is 2. The Morgan fingerprint density at radius 1 is 1.24 bits per heavy atom. The summed E-state index contributed by atoms with van der Waals surface area (Å²) in [4.78, 5) is 35.1. The van der Waals surface area contributed by atoms with Crippen molar-refractivity contribution in [3.63, 3.8) is 0 Å². The van der Waals surface area contributed by atoms with Crippen LogP contribution < -0.4 is 24.7 Å². The molecule has 1 saturated carbocycles. The lowest BCUT2D eigenvalue weighted by molar-refractivity contribution is -0.286. The van der Waals surface area contributed by atoms with Crippen molar-refractivity contribution >= 4 is 34.2 Å². The molecule has 0 radical (unpaired) electrons. The van der Waals surface area contributed by atoms with E-state index < -0.39 is 24.3 Å². The van der Waals surface area contributed by atoms with Crippen molar-refractivity contribution in [1.82, 2.24) is 19.7 Å². The largest absolute Gasteiger partial charge is 0.586 e. The number of methoxy groups -OCH3 is 1. The van der Waals surface area contributed by atoms with Crippen molar-refractivity contribution < 1.29 is 27.8 Å². The van der Waals surface area contributed by atoms with Gasteiger partial charge in [-0.05, 0) is 37.1 Å². The number of aromatic nitrogens is 4. The second-order valence-corrected chi connectivity index (χ2v) is 8.99. The van der Waals surface area contributed by atoms with Gasteiger partial charge in [0.25, 0.3) is 5.56 Å². The molecule has 190 valence electrons. The monoisotopic (exact) mass is 529 g/mol. The van der Waals surface area contributed by atoms with Crippen LogP contribution in [0.5, 0.6) is 17.2 Å². The molecule has 13 heteroatoms. The molecule has 1 aliphatic carbocycles. The average Bonchev–Trinajstić information content (AvgIpc) is 3.45. The molecule has 0 atom stereocenters. The van der Waals surface area contributed by atoms with Crippen LogP contribution in [0.2, 0.25) is 5.02 Å². The lowest BCUT2D eigenvalue weighted by Gasteiger charge is -2.23. The Hall–Kier alpha value is -4.19. The molecule has 37 heavy (non-hydrogen) atoms. The fourth-order valence-electron chi connectivity index (χ4n) is 4.27. The number of halogens is 3. The summed E-state index contributed by atoms with van der Waals surface area (Å²) in [5.41, 5.74) is 1.26. The number of nitrogens with one attached hydrogen (secondary N) is 1. The van der Waals surface area contributed by atoms with Gasteiger partial charge in [0.15, 0.2) is 17.0 Å². The molecule has 0 unspecified atom stereocenters. The quantitative estimate of drug-likeness (QED) is 0.402. The molecule has 1 aliphatic heterocycles. The van der Waals surface area contributed by atoms with E-state index in [-0.39, 0.29) is 23.1 Å². The van der Waals surface area contributed by atoms with Crippen molar-refractivity contribution in [3.05, 3.63) is 58.1 Å². The highest BCUT2D eigenvalue weighted by molar-refractivity contribution is 6.32. The van der Waals surface area contributed by atoms with Crippen molar-refractivity contribution in [2.45, 2.75) is 31.7 Å². The number of fused-ring (bicyclic) bond motifs is 2. The third kappa shape index (κ3) is 4.12. The summed E-state index contributed by atoms with van der Waals surface area (Å²) in [6.07, 6.45) is -0.943. The predicted octanol–water partition coefficient (Wildman–Crippen LogP) is 3.97. The molecule has 2 aliphatic rings. The van der Waals surface area contributed by atoms with Crippen LogP contribution in [0.1, 0.15) is 12.8 Å². The lowest BCUT2D eigenvalue weighted by Crippen LogP contribution is -2.39. The van der Waals surface area contributed by atoms with Crippen molar-refractivity contribution in [2.75, 3.05) is 12.0 Å². The minimum Gasteiger partial charge on any atom is -0.495 e. The van der Waals surface area contributed by atoms with Crippen LogP contribution in [-0.2, 0) is 11.3 Å². The van der Waals surface area contributed by atoms with Crippen molar-refractivity contribution in [3.8, 4) is 28.5 Å². The number of carbonyl (C=O) groups is 1. The fourth-order valence-corrected chi connectivity index (χ4v) is 4.47. The normalized spacial score (nSPS) is 15.7. The molecule has 2 aromatic carbocycles. The molecular formula is C24H18ClF2N5O5. The van der Waals surface area contributed by atoms with E-state index in [1.54, 1.807) is 18.2 Å². The Labute approximate surface area is 212 Å². The SMILES string of the molecule is COc1cc(-c2nn(CC(=O)N(c3ccc4c(c3)OC(F)(F)O4)C3CC3)c(=O)c3nc[nH]c23)ccc1Cl. The van der Waals surface area contributed by atoms with E-state index in [1.807, 2.05) is 0 Å². The summed E-state index contributed by atoms with van der Waals surface area (Å²) < 4.78 is 42.3. The molecule has 6 rings (SSSR count). The first-order chi connectivity index (χ1) is 17.7. The Morgan fingerprint density at radius 2 is 2.03 bits per heavy atom. The number of nitrogens with zero attached hydrogens (tertiary/aromatic N) is 4. The van der Waals surface area contributed by atoms with Crippen LogP contribution in [0.3, 0.4) is 0 Å². The number of ether oxygens (including phenoxy) is 3. The van der Waals surface area contributed by atoms with Gasteiger partial charge in [-0.3, -0.25) is 9.59 Å². The highest BCUT2D eigenvalue weighted by atomic mass is 35.5. The van der Waals surface area contributed by atoms with Gasteiger partial charge in [-0.15, -0.1) is 8.78 Å². The van der Waals surface area contributed by atoms with E-state index in [1.165, 1.54) is 36.5 Å². The summed E-state index contributed by atoms with van der Waals surface area (Å²) >= 11 is 6.16. The standard InChI is InChI=1S/C24H18ClF2N5O5/c1-35-17-8-12(2-6-15(17)25)20-21-22(29-11-28-21)23(34)31(30-20)10-19(33)32(13-3-4-13)14-5-7-16-18(9-14)37-24(26,27)36-16/h2,5-9,11,13H,3-4,10H2,1H3,(H,28,29). The zero-order valence-corrected chi connectivity index (χ0v) is 20.0. The van der Waals surface area contributed by atoms with Crippen LogP contribution in [0.15, 0.2) is 47.5 Å². The maximum Gasteiger partial charge on any atom is 0.586 e. The minimum absolute atomic E-state index is 0.106. The smallest absolute Gasteiger partial charge is 0.495 e. The predicted molar refractivity (Wildman–Crippen MR) is 128 cm³/mol. The van der Waals surface area contributed by atoms with E-state index in [2.05, 4.69) is 24.5 Å². The molecular weight excluding hydrogens is 512 g/mol. The number of imidazole rings is 1. The fraction of sp³-hybridized carbons (Fsp3) is 0.250. The van der Waals surface area contributed by atoms with E-state index in [0.29, 0.717) is 33.2 Å². The second kappa shape index (κ2) is 8.44. The number of carbonyl (C=O) groups excluding carboxylic acids is 1. The first-order valence-electron chi connectivity index (χ1n) is 11.2. The summed E-state index contributed by atoms with van der Waals surface area (Å²) in [6, 6.07) is 9.02. The van der Waals surface area contributed by atoms with Gasteiger partial charge < -0.3 is 24.1 Å².